The van der Waals surface area contributed by atoms with E-state index in [1.807, 2.05) is 36.4 Å². The zero-order valence-corrected chi connectivity index (χ0v) is 35.1. The van der Waals surface area contributed by atoms with E-state index in [0.29, 0.717) is 17.6 Å². The van der Waals surface area contributed by atoms with Gasteiger partial charge in [-0.1, -0.05) is 169 Å². The summed E-state index contributed by atoms with van der Waals surface area (Å²) in [5, 5.41) is 2.31. The molecule has 1 heterocycles. The molecule has 4 heteroatoms. The third kappa shape index (κ3) is 7.37. The van der Waals surface area contributed by atoms with Gasteiger partial charge in [0.25, 0.3) is 0 Å². The first-order valence-corrected chi connectivity index (χ1v) is 20.7. The number of fused-ring (bicyclic) bond motifs is 1. The van der Waals surface area contributed by atoms with Gasteiger partial charge < -0.3 is 0 Å². The van der Waals surface area contributed by atoms with Gasteiger partial charge in [0.15, 0.2) is 11.6 Å². The van der Waals surface area contributed by atoms with Crippen LogP contribution in [0.1, 0.15) is 56.0 Å². The van der Waals surface area contributed by atoms with E-state index in [9.17, 15) is 0 Å². The highest BCUT2D eigenvalue weighted by Crippen LogP contribution is 2.46. The normalized spacial score (nSPS) is 11.3. The average Bonchev–Trinajstić information content (AvgIpc) is 3.26. The number of benzene rings is 8. The summed E-state index contributed by atoms with van der Waals surface area (Å²) in [6, 6.07) is 62.5. The first-order chi connectivity index (χ1) is 29.2. The fraction of sp³-hybridized carbons (Fsp3) is 0.125. The summed E-state index contributed by atoms with van der Waals surface area (Å²) in [6.45, 7) is 13.4. The SMILES string of the molecule is Cc1cc(C)c(C(c2cccc(N(c3nc(-c4ccccc4)nc(-c4ccccc4)n3)c3ccc4ccccc4c3-c3ccccc3)c2)c2c(C)cc(C)cc2C)c(C)c1. The minimum atomic E-state index is -0.0173. The van der Waals surface area contributed by atoms with Crippen molar-refractivity contribution in [3.8, 4) is 33.9 Å². The molecule has 0 N–H and O–H groups in total. The summed E-state index contributed by atoms with van der Waals surface area (Å²) in [5.74, 6) is 1.74. The van der Waals surface area contributed by atoms with E-state index in [4.69, 9.17) is 15.0 Å². The minimum absolute atomic E-state index is 0.0173. The van der Waals surface area contributed by atoms with Gasteiger partial charge in [-0.2, -0.15) is 9.97 Å². The van der Waals surface area contributed by atoms with E-state index < -0.39 is 0 Å². The van der Waals surface area contributed by atoms with Crippen LogP contribution in [0.4, 0.5) is 17.3 Å². The molecular formula is C56H48N4. The highest BCUT2D eigenvalue weighted by molar-refractivity contribution is 6.05. The van der Waals surface area contributed by atoms with Crippen molar-refractivity contribution in [3.05, 3.63) is 226 Å². The van der Waals surface area contributed by atoms with Crippen molar-refractivity contribution < 1.29 is 0 Å². The zero-order chi connectivity index (χ0) is 41.3. The van der Waals surface area contributed by atoms with Gasteiger partial charge in [-0.3, -0.25) is 4.90 Å². The van der Waals surface area contributed by atoms with Gasteiger partial charge in [0.05, 0.1) is 5.69 Å². The molecule has 9 aromatic rings. The minimum Gasteiger partial charge on any atom is -0.278 e. The molecule has 0 aliphatic rings. The second-order valence-electron chi connectivity index (χ2n) is 16.0. The Morgan fingerprint density at radius 1 is 0.417 bits per heavy atom. The molecular weight excluding hydrogens is 729 g/mol. The Morgan fingerprint density at radius 3 is 1.43 bits per heavy atom. The van der Waals surface area contributed by atoms with E-state index in [1.54, 1.807) is 0 Å². The molecule has 0 unspecified atom stereocenters. The molecule has 0 atom stereocenters. The molecule has 9 rings (SSSR count). The maximum Gasteiger partial charge on any atom is 0.238 e. The van der Waals surface area contributed by atoms with Crippen molar-refractivity contribution in [2.75, 3.05) is 4.90 Å². The van der Waals surface area contributed by atoms with Crippen LogP contribution in [0.15, 0.2) is 176 Å². The standard InChI is InChI=1S/C56H48N4/c1-36-31-38(3)50(39(4)32-36)53(51-40(5)33-37(2)34-41(51)6)46-26-18-27-47(35-46)60(49-30-29-42-19-16-17-28-48(42)52(49)43-20-10-7-11-21-43)56-58-54(44-22-12-8-13-23-44)57-55(59-56)45-24-14-9-15-25-45/h7-35,53H,1-6H3. The van der Waals surface area contributed by atoms with E-state index in [2.05, 4.69) is 186 Å². The zero-order valence-electron chi connectivity index (χ0n) is 35.1. The van der Waals surface area contributed by atoms with E-state index >= 15 is 0 Å². The van der Waals surface area contributed by atoms with Crippen molar-refractivity contribution >= 4 is 28.1 Å². The molecule has 4 nitrogen and oxygen atoms in total. The molecule has 0 aliphatic heterocycles. The Kier molecular flexibility index (Phi) is 10.4. The van der Waals surface area contributed by atoms with Crippen LogP contribution in [0.5, 0.6) is 0 Å². The second kappa shape index (κ2) is 16.2. The largest absolute Gasteiger partial charge is 0.278 e. The van der Waals surface area contributed by atoms with Crippen LogP contribution in [0, 0.1) is 41.5 Å². The monoisotopic (exact) mass is 776 g/mol. The van der Waals surface area contributed by atoms with Crippen molar-refractivity contribution in [3.63, 3.8) is 0 Å². The maximum atomic E-state index is 5.37. The summed E-state index contributed by atoms with van der Waals surface area (Å²) in [5.41, 5.74) is 17.6. The molecule has 0 saturated carbocycles. The Hall–Kier alpha value is -7.17. The quantitative estimate of drug-likeness (QED) is 0.137. The molecule has 292 valence electrons. The Labute approximate surface area is 353 Å². The third-order valence-corrected chi connectivity index (χ3v) is 11.6. The summed E-state index contributed by atoms with van der Waals surface area (Å²) >= 11 is 0. The molecule has 8 aromatic carbocycles. The molecule has 0 amide bonds. The van der Waals surface area contributed by atoms with E-state index in [-0.39, 0.29) is 5.92 Å². The van der Waals surface area contributed by atoms with Crippen LogP contribution in [0.25, 0.3) is 44.7 Å². The van der Waals surface area contributed by atoms with Crippen LogP contribution in [0.2, 0.25) is 0 Å². The van der Waals surface area contributed by atoms with Crippen molar-refractivity contribution in [2.45, 2.75) is 47.5 Å². The summed E-state index contributed by atoms with van der Waals surface area (Å²) in [4.78, 5) is 18.1. The number of aromatic nitrogens is 3. The topological polar surface area (TPSA) is 41.9 Å². The summed E-state index contributed by atoms with van der Waals surface area (Å²) in [7, 11) is 0. The van der Waals surface area contributed by atoms with Crippen LogP contribution >= 0.6 is 0 Å². The van der Waals surface area contributed by atoms with Crippen LogP contribution < -0.4 is 4.90 Å². The van der Waals surface area contributed by atoms with Gasteiger partial charge in [-0.05, 0) is 115 Å². The van der Waals surface area contributed by atoms with Crippen LogP contribution in [-0.2, 0) is 0 Å². The predicted octanol–water partition coefficient (Wildman–Crippen LogP) is 14.5. The molecule has 0 saturated heterocycles. The van der Waals surface area contributed by atoms with Crippen molar-refractivity contribution in [2.24, 2.45) is 0 Å². The molecule has 60 heavy (non-hydrogen) atoms. The summed E-state index contributed by atoms with van der Waals surface area (Å²) < 4.78 is 0. The highest BCUT2D eigenvalue weighted by atomic mass is 15.3. The number of hydrogen-bond donors (Lipinski definition) is 0. The van der Waals surface area contributed by atoms with Gasteiger partial charge in [0.2, 0.25) is 5.95 Å². The fourth-order valence-corrected chi connectivity index (χ4v) is 9.23. The average molecular weight is 777 g/mol. The lowest BCUT2D eigenvalue weighted by Crippen LogP contribution is -2.17. The lowest BCUT2D eigenvalue weighted by atomic mass is 9.77. The maximum absolute atomic E-state index is 5.37. The lowest BCUT2D eigenvalue weighted by molar-refractivity contribution is 0.918. The highest BCUT2D eigenvalue weighted by Gasteiger charge is 2.28. The summed E-state index contributed by atoms with van der Waals surface area (Å²) in [6.07, 6.45) is 0. The van der Waals surface area contributed by atoms with Gasteiger partial charge in [0.1, 0.15) is 0 Å². The Balaban J connectivity index is 1.37. The fourth-order valence-electron chi connectivity index (χ4n) is 9.23. The van der Waals surface area contributed by atoms with Gasteiger partial charge >= 0.3 is 0 Å². The molecule has 0 radical (unpaired) electrons. The molecule has 1 aromatic heterocycles. The predicted molar refractivity (Wildman–Crippen MR) is 251 cm³/mol. The Morgan fingerprint density at radius 2 is 0.900 bits per heavy atom. The second-order valence-corrected chi connectivity index (χ2v) is 16.0. The molecule has 0 bridgehead atoms. The van der Waals surface area contributed by atoms with Gasteiger partial charge in [0, 0.05) is 28.3 Å². The Bertz CT molecular complexity index is 2830. The van der Waals surface area contributed by atoms with Gasteiger partial charge in [-0.25, -0.2) is 4.98 Å². The van der Waals surface area contributed by atoms with Gasteiger partial charge in [-0.15, -0.1) is 0 Å². The van der Waals surface area contributed by atoms with E-state index in [1.165, 1.54) is 50.1 Å². The molecule has 0 fully saturated rings. The smallest absolute Gasteiger partial charge is 0.238 e. The van der Waals surface area contributed by atoms with Crippen molar-refractivity contribution in [1.82, 2.24) is 15.0 Å². The van der Waals surface area contributed by atoms with Crippen molar-refractivity contribution in [1.29, 1.82) is 0 Å². The molecule has 0 aliphatic carbocycles. The lowest BCUT2D eigenvalue weighted by Gasteiger charge is -2.30. The third-order valence-electron chi connectivity index (χ3n) is 11.6. The van der Waals surface area contributed by atoms with Crippen LogP contribution in [-0.4, -0.2) is 15.0 Å². The number of aryl methyl sites for hydroxylation is 6. The number of rotatable bonds is 9. The number of nitrogens with zero attached hydrogens (tertiary/aromatic N) is 4. The number of hydrogen-bond acceptors (Lipinski definition) is 4. The van der Waals surface area contributed by atoms with Crippen LogP contribution in [0.3, 0.4) is 0 Å². The van der Waals surface area contributed by atoms with E-state index in [0.717, 1.165) is 44.4 Å². The first kappa shape index (κ1) is 38.4. The first-order valence-electron chi connectivity index (χ1n) is 20.7. The number of anilines is 3. The molecule has 0 spiro atoms.